The number of aliphatic imine (C=N–C) groups is 1. The van der Waals surface area contributed by atoms with Gasteiger partial charge in [0.05, 0.1) is 0 Å². The highest BCUT2D eigenvalue weighted by atomic mass is 35.5. The van der Waals surface area contributed by atoms with Crippen LogP contribution in [0.1, 0.15) is 16.7 Å². The van der Waals surface area contributed by atoms with Crippen LogP contribution in [-0.4, -0.2) is 11.8 Å². The molecule has 0 radical (unpaired) electrons. The summed E-state index contributed by atoms with van der Waals surface area (Å²) < 4.78 is 24.2. The van der Waals surface area contributed by atoms with Gasteiger partial charge in [-0.2, -0.15) is 4.99 Å². The van der Waals surface area contributed by atoms with Gasteiger partial charge in [0.25, 0.3) is 0 Å². The third-order valence-corrected chi connectivity index (χ3v) is 4.42. The van der Waals surface area contributed by atoms with E-state index in [1.807, 2.05) is 0 Å². The fourth-order valence-electron chi connectivity index (χ4n) is 2.71. The first kappa shape index (κ1) is 18.9. The lowest BCUT2D eigenvalue weighted by molar-refractivity contribution is -0.115. The molecule has 0 saturated heterocycles. The fraction of sp³-hybridized carbons (Fsp3) is 0.0435. The molecule has 0 saturated carbocycles. The number of carbonyl (C=O) groups excluding carboxylic acids is 1. The quantitative estimate of drug-likeness (QED) is 0.532. The molecule has 1 aliphatic heterocycles. The van der Waals surface area contributed by atoms with E-state index in [2.05, 4.69) is 4.99 Å². The summed E-state index contributed by atoms with van der Waals surface area (Å²) in [4.78, 5) is 16.1. The molecule has 0 aromatic heterocycles. The van der Waals surface area contributed by atoms with E-state index in [-0.39, 0.29) is 17.5 Å². The minimum Gasteiger partial charge on any atom is -0.489 e. The molecule has 0 bridgehead atoms. The number of hydrogen-bond acceptors (Lipinski definition) is 3. The molecule has 0 unspecified atom stereocenters. The van der Waals surface area contributed by atoms with Crippen LogP contribution in [0.15, 0.2) is 83.5 Å². The Labute approximate surface area is 171 Å². The number of nitrogens with zero attached hydrogens (tertiary/aromatic N) is 1. The van der Waals surface area contributed by atoms with Crippen LogP contribution in [0.25, 0.3) is 6.08 Å². The topological polar surface area (TPSA) is 47.9 Å². The summed E-state index contributed by atoms with van der Waals surface area (Å²) in [5.74, 6) is 0.294. The molecule has 4 rings (SSSR count). The number of rotatable bonds is 5. The van der Waals surface area contributed by atoms with Gasteiger partial charge in [0.1, 0.15) is 18.2 Å². The summed E-state index contributed by atoms with van der Waals surface area (Å²) in [6, 6.07) is 20.3. The molecule has 144 valence electrons. The van der Waals surface area contributed by atoms with Crippen molar-refractivity contribution in [2.45, 2.75) is 6.61 Å². The second kappa shape index (κ2) is 8.29. The second-order valence-corrected chi connectivity index (χ2v) is 6.76. The first-order valence-corrected chi connectivity index (χ1v) is 9.20. The van der Waals surface area contributed by atoms with Crippen molar-refractivity contribution in [2.24, 2.45) is 4.99 Å². The van der Waals surface area contributed by atoms with Gasteiger partial charge in [0.2, 0.25) is 5.90 Å². The molecular weight excluding hydrogens is 393 g/mol. The Morgan fingerprint density at radius 3 is 2.52 bits per heavy atom. The van der Waals surface area contributed by atoms with Crippen LogP contribution in [0, 0.1) is 5.82 Å². The Bertz CT molecular complexity index is 1110. The third kappa shape index (κ3) is 4.70. The van der Waals surface area contributed by atoms with Crippen molar-refractivity contribution in [1.82, 2.24) is 0 Å². The highest BCUT2D eigenvalue weighted by Gasteiger charge is 2.24. The van der Waals surface area contributed by atoms with Crippen molar-refractivity contribution in [2.75, 3.05) is 0 Å². The first-order valence-electron chi connectivity index (χ1n) is 8.83. The van der Waals surface area contributed by atoms with E-state index in [0.29, 0.717) is 22.9 Å². The van der Waals surface area contributed by atoms with Gasteiger partial charge in [0.15, 0.2) is 5.76 Å². The zero-order valence-electron chi connectivity index (χ0n) is 15.1. The molecule has 0 aliphatic carbocycles. The summed E-state index contributed by atoms with van der Waals surface area (Å²) >= 11 is 5.97. The second-order valence-electron chi connectivity index (χ2n) is 6.33. The zero-order chi connectivity index (χ0) is 20.2. The van der Waals surface area contributed by atoms with E-state index in [1.165, 1.54) is 12.1 Å². The maximum absolute atomic E-state index is 12.9. The summed E-state index contributed by atoms with van der Waals surface area (Å²) in [7, 11) is 0. The Morgan fingerprint density at radius 2 is 1.79 bits per heavy atom. The Balaban J connectivity index is 1.41. The summed E-state index contributed by atoms with van der Waals surface area (Å²) in [5, 5.41) is 0.537. The Kier molecular flexibility index (Phi) is 5.40. The zero-order valence-corrected chi connectivity index (χ0v) is 15.9. The number of benzene rings is 3. The minimum atomic E-state index is -0.448. The molecule has 1 amide bonds. The summed E-state index contributed by atoms with van der Waals surface area (Å²) in [5.41, 5.74) is 2.28. The van der Waals surface area contributed by atoms with Gasteiger partial charge in [-0.05, 0) is 59.7 Å². The predicted molar refractivity (Wildman–Crippen MR) is 109 cm³/mol. The van der Waals surface area contributed by atoms with Crippen LogP contribution in [0.4, 0.5) is 4.39 Å². The maximum Gasteiger partial charge on any atom is 0.316 e. The van der Waals surface area contributed by atoms with Crippen LogP contribution < -0.4 is 4.74 Å². The van der Waals surface area contributed by atoms with E-state index < -0.39 is 5.91 Å². The normalized spacial score (nSPS) is 14.6. The molecule has 0 fully saturated rings. The molecule has 29 heavy (non-hydrogen) atoms. The predicted octanol–water partition coefficient (Wildman–Crippen LogP) is 5.40. The van der Waals surface area contributed by atoms with Gasteiger partial charge >= 0.3 is 5.91 Å². The molecular formula is C23H15ClFNO3. The first-order chi connectivity index (χ1) is 14.1. The SMILES string of the molecule is O=C1N=C(c2cccc(Cl)c2)O/C1=C/c1ccc(OCc2ccc(F)cc2)cc1. The molecule has 1 heterocycles. The van der Waals surface area contributed by atoms with Gasteiger partial charge in [0, 0.05) is 10.6 Å². The van der Waals surface area contributed by atoms with Crippen LogP contribution in [-0.2, 0) is 16.1 Å². The largest absolute Gasteiger partial charge is 0.489 e. The van der Waals surface area contributed by atoms with Crippen LogP contribution >= 0.6 is 11.6 Å². The Hall–Kier alpha value is -3.44. The molecule has 0 spiro atoms. The summed E-state index contributed by atoms with van der Waals surface area (Å²) in [6.07, 6.45) is 1.62. The molecule has 0 N–H and O–H groups in total. The average Bonchev–Trinajstić information content (AvgIpc) is 3.09. The number of ether oxygens (including phenoxy) is 2. The number of amides is 1. The van der Waals surface area contributed by atoms with Crippen LogP contribution in [0.5, 0.6) is 5.75 Å². The van der Waals surface area contributed by atoms with Crippen molar-refractivity contribution in [3.05, 3.63) is 106 Å². The van der Waals surface area contributed by atoms with E-state index in [0.717, 1.165) is 11.1 Å². The van der Waals surface area contributed by atoms with E-state index >= 15 is 0 Å². The van der Waals surface area contributed by atoms with Crippen molar-refractivity contribution in [1.29, 1.82) is 0 Å². The van der Waals surface area contributed by atoms with Crippen molar-refractivity contribution in [3.8, 4) is 5.75 Å². The van der Waals surface area contributed by atoms with Crippen molar-refractivity contribution in [3.63, 3.8) is 0 Å². The van der Waals surface area contributed by atoms with E-state index in [1.54, 1.807) is 66.7 Å². The van der Waals surface area contributed by atoms with Crippen LogP contribution in [0.3, 0.4) is 0 Å². The van der Waals surface area contributed by atoms with E-state index in [9.17, 15) is 9.18 Å². The minimum absolute atomic E-state index is 0.139. The molecule has 6 heteroatoms. The third-order valence-electron chi connectivity index (χ3n) is 4.19. The smallest absolute Gasteiger partial charge is 0.316 e. The highest BCUT2D eigenvalue weighted by molar-refractivity contribution is 6.31. The van der Waals surface area contributed by atoms with Crippen LogP contribution in [0.2, 0.25) is 5.02 Å². The van der Waals surface area contributed by atoms with Gasteiger partial charge in [-0.1, -0.05) is 41.9 Å². The van der Waals surface area contributed by atoms with Gasteiger partial charge < -0.3 is 9.47 Å². The monoisotopic (exact) mass is 407 g/mol. The van der Waals surface area contributed by atoms with Gasteiger partial charge in [-0.3, -0.25) is 4.79 Å². The lowest BCUT2D eigenvalue weighted by Crippen LogP contribution is -2.00. The lowest BCUT2D eigenvalue weighted by atomic mass is 10.2. The molecule has 0 atom stereocenters. The Morgan fingerprint density at radius 1 is 1.03 bits per heavy atom. The molecule has 1 aliphatic rings. The fourth-order valence-corrected chi connectivity index (χ4v) is 2.90. The lowest BCUT2D eigenvalue weighted by Gasteiger charge is -2.07. The molecule has 3 aromatic rings. The van der Waals surface area contributed by atoms with E-state index in [4.69, 9.17) is 21.1 Å². The highest BCUT2D eigenvalue weighted by Crippen LogP contribution is 2.22. The number of hydrogen-bond donors (Lipinski definition) is 0. The van der Waals surface area contributed by atoms with Gasteiger partial charge in [-0.15, -0.1) is 0 Å². The number of halogens is 2. The molecule has 4 nitrogen and oxygen atoms in total. The maximum atomic E-state index is 12.9. The standard InChI is InChI=1S/C23H15ClFNO3/c24-18-3-1-2-17(13-18)23-26-22(27)21(29-23)12-15-6-10-20(11-7-15)28-14-16-4-8-19(25)9-5-16/h1-13H,14H2/b21-12+. The van der Waals surface area contributed by atoms with Gasteiger partial charge in [-0.25, -0.2) is 4.39 Å². The number of carbonyl (C=O) groups is 1. The average molecular weight is 408 g/mol. The summed E-state index contributed by atoms with van der Waals surface area (Å²) in [6.45, 7) is 0.332. The van der Waals surface area contributed by atoms with Crippen molar-refractivity contribution < 1.29 is 18.7 Å². The molecule has 3 aromatic carbocycles. The van der Waals surface area contributed by atoms with Crippen molar-refractivity contribution >= 4 is 29.5 Å².